The zero-order valence-electron chi connectivity index (χ0n) is 51.0. The quantitative estimate of drug-likeness (QED) is 0.100. The summed E-state index contributed by atoms with van der Waals surface area (Å²) < 4.78 is 66.5. The van der Waals surface area contributed by atoms with Crippen LogP contribution in [0.25, 0.3) is 0 Å². The minimum Gasteiger partial charge on any atom is -0.479 e. The molecule has 5 aliphatic carbocycles. The van der Waals surface area contributed by atoms with Crippen LogP contribution in [0.4, 0.5) is 0 Å². The van der Waals surface area contributed by atoms with E-state index in [0.29, 0.717) is 25.4 Å². The number of ether oxygens (including phenoxy) is 11. The van der Waals surface area contributed by atoms with Crippen LogP contribution in [0.3, 0.4) is 0 Å². The molecule has 11 rings (SSSR count). The Kier molecular flexibility index (Phi) is 17.8. The van der Waals surface area contributed by atoms with E-state index in [2.05, 4.69) is 48.5 Å². The van der Waals surface area contributed by atoms with Crippen molar-refractivity contribution in [2.24, 2.45) is 50.2 Å². The van der Waals surface area contributed by atoms with E-state index >= 15 is 0 Å². The van der Waals surface area contributed by atoms with Crippen LogP contribution in [0, 0.1) is 50.2 Å². The average molecular weight is 1240 g/mol. The fourth-order valence-electron chi connectivity index (χ4n) is 19.4. The number of aliphatic hydroxyl groups is 13. The number of aliphatic carboxylic acids is 1. The second-order valence-corrected chi connectivity index (χ2v) is 29.9. The molecule has 26 heteroatoms. The zero-order chi connectivity index (χ0) is 62.7. The lowest BCUT2D eigenvalue weighted by molar-refractivity contribution is -0.394. The van der Waals surface area contributed by atoms with Gasteiger partial charge < -0.3 is 124 Å². The van der Waals surface area contributed by atoms with Crippen LogP contribution >= 0.6 is 0 Å². The second kappa shape index (κ2) is 23.2. The molecule has 1 spiro atoms. The third-order valence-corrected chi connectivity index (χ3v) is 24.6. The first-order valence-electron chi connectivity index (χ1n) is 31.3. The van der Waals surface area contributed by atoms with Crippen LogP contribution in [-0.4, -0.2) is 262 Å². The Balaban J connectivity index is 0.722. The lowest BCUT2D eigenvalue weighted by Gasteiger charge is -2.75. The van der Waals surface area contributed by atoms with E-state index in [1.54, 1.807) is 0 Å². The molecule has 14 N–H and O–H groups in total. The van der Waals surface area contributed by atoms with E-state index in [0.717, 1.165) is 51.4 Å². The number of carboxylic acid groups (broad SMARTS) is 1. The Labute approximate surface area is 501 Å². The molecule has 11 aliphatic rings. The number of hydrogen-bond donors (Lipinski definition) is 14. The average Bonchev–Trinajstić information content (AvgIpc) is 1.54. The molecule has 5 saturated carbocycles. The van der Waals surface area contributed by atoms with E-state index in [4.69, 9.17) is 52.1 Å². The van der Waals surface area contributed by atoms with E-state index < -0.39 is 184 Å². The van der Waals surface area contributed by atoms with Gasteiger partial charge in [0.2, 0.25) is 0 Å². The Hall–Kier alpha value is -1.49. The lowest BCUT2D eigenvalue weighted by Crippen LogP contribution is -2.74. The van der Waals surface area contributed by atoms with Crippen molar-refractivity contribution in [1.82, 2.24) is 0 Å². The Morgan fingerprint density at radius 3 is 1.63 bits per heavy atom. The molecule has 86 heavy (non-hydrogen) atoms. The molecule has 494 valence electrons. The summed E-state index contributed by atoms with van der Waals surface area (Å²) in [6.45, 7) is 20.2. The SMILES string of the molecule is CC1OC(OC2C(OC3C(C)OC(OC4C(CO)OC(OC5C(C(=O)O)OC(OC6CCC7(C)C(CCC8(C)C7CCC79OCC%10(CCC(C)(C)CC%107)C(O)CC89C)C6(C)C)C(O)C5O)C(O)C4O)C(O)C3O)OC(C)C(O)C2O)C(O)C(O)C1O. The highest BCUT2D eigenvalue weighted by atomic mass is 16.8. The Morgan fingerprint density at radius 2 is 0.988 bits per heavy atom. The molecule has 26 nitrogen and oxygen atoms in total. The van der Waals surface area contributed by atoms with Gasteiger partial charge in [-0.1, -0.05) is 48.5 Å². The van der Waals surface area contributed by atoms with Gasteiger partial charge in [0.15, 0.2) is 37.6 Å². The van der Waals surface area contributed by atoms with Crippen molar-refractivity contribution in [2.75, 3.05) is 13.2 Å². The number of carbonyl (C=O) groups is 1. The Morgan fingerprint density at radius 1 is 0.477 bits per heavy atom. The number of hydrogen-bond acceptors (Lipinski definition) is 25. The molecule has 35 atom stereocenters. The molecule has 6 saturated heterocycles. The summed E-state index contributed by atoms with van der Waals surface area (Å²) in [5.74, 6) is -0.900. The maximum Gasteiger partial charge on any atom is 0.335 e. The van der Waals surface area contributed by atoms with Gasteiger partial charge in [0.1, 0.15) is 97.7 Å². The fraction of sp³-hybridized carbons (Fsp3) is 0.983. The van der Waals surface area contributed by atoms with Gasteiger partial charge in [-0.25, -0.2) is 4.79 Å². The molecule has 0 aromatic carbocycles. The number of rotatable bonds is 12. The highest BCUT2D eigenvalue weighted by molar-refractivity contribution is 5.73. The first-order chi connectivity index (χ1) is 40.1. The van der Waals surface area contributed by atoms with E-state index in [9.17, 15) is 76.3 Å². The maximum absolute atomic E-state index is 13.0. The summed E-state index contributed by atoms with van der Waals surface area (Å²) in [5, 5.41) is 156. The molecule has 0 aromatic rings. The molecular formula is C60H98O26. The van der Waals surface area contributed by atoms with E-state index in [1.807, 2.05) is 0 Å². The highest BCUT2D eigenvalue weighted by Gasteiger charge is 2.80. The normalized spacial score (nSPS) is 57.7. The summed E-state index contributed by atoms with van der Waals surface area (Å²) in [6.07, 6.45) is -35.2. The molecule has 0 radical (unpaired) electrons. The molecule has 0 aromatic heterocycles. The number of aliphatic hydroxyl groups excluding tert-OH is 13. The van der Waals surface area contributed by atoms with Gasteiger partial charge in [0, 0.05) is 10.8 Å². The van der Waals surface area contributed by atoms with Gasteiger partial charge in [-0.15, -0.1) is 0 Å². The Bertz CT molecular complexity index is 2420. The third-order valence-electron chi connectivity index (χ3n) is 24.6. The number of carboxylic acids is 1. The van der Waals surface area contributed by atoms with Gasteiger partial charge in [-0.2, -0.15) is 0 Å². The van der Waals surface area contributed by atoms with Crippen LogP contribution in [0.2, 0.25) is 0 Å². The molecule has 35 unspecified atom stereocenters. The van der Waals surface area contributed by atoms with Crippen molar-refractivity contribution in [3.63, 3.8) is 0 Å². The van der Waals surface area contributed by atoms with Crippen LogP contribution in [0.15, 0.2) is 0 Å². The third kappa shape index (κ3) is 10.1. The van der Waals surface area contributed by atoms with E-state index in [1.165, 1.54) is 20.8 Å². The molecule has 6 heterocycles. The molecule has 6 aliphatic heterocycles. The first kappa shape index (κ1) is 66.0. The van der Waals surface area contributed by atoms with Crippen LogP contribution < -0.4 is 0 Å². The van der Waals surface area contributed by atoms with Crippen molar-refractivity contribution < 1.29 is 128 Å². The lowest BCUT2D eigenvalue weighted by atomic mass is 9.30. The molecular weight excluding hydrogens is 1140 g/mol. The monoisotopic (exact) mass is 1230 g/mol. The van der Waals surface area contributed by atoms with Crippen molar-refractivity contribution in [1.29, 1.82) is 0 Å². The number of fused-ring (bicyclic) bond motifs is 4. The zero-order valence-corrected chi connectivity index (χ0v) is 51.0. The minimum atomic E-state index is -2.12. The predicted molar refractivity (Wildman–Crippen MR) is 291 cm³/mol. The van der Waals surface area contributed by atoms with E-state index in [-0.39, 0.29) is 44.5 Å². The topological polar surface area (TPSA) is 402 Å². The largest absolute Gasteiger partial charge is 0.479 e. The second-order valence-electron chi connectivity index (χ2n) is 29.9. The maximum atomic E-state index is 13.0. The van der Waals surface area contributed by atoms with Crippen molar-refractivity contribution in [3.05, 3.63) is 0 Å². The summed E-state index contributed by atoms with van der Waals surface area (Å²) >= 11 is 0. The summed E-state index contributed by atoms with van der Waals surface area (Å²) in [7, 11) is 0. The smallest absolute Gasteiger partial charge is 0.335 e. The standard InChI is InChI=1S/C60H98O26/c1-23-32(63)34(65)39(70)49(77-23)85-46-35(66)33(64)24(2)78-53(46)82-43-25(3)79-50(40(71)36(43)67)83-44-26(21-61)80-51(41(72)37(44)68)84-45-38(69)42(73)52(86-47(45)48(74)75)81-31-13-14-56(8)27(55(31,6)7)11-15-57(9)28(56)12-16-60-29-19-54(4,5)17-18-59(29,22-76-60)30(62)20-58(57,60)10/h23-47,49-53,61-73H,11-22H2,1-10H3,(H,74,75). The summed E-state index contributed by atoms with van der Waals surface area (Å²) in [6, 6.07) is 0. The highest BCUT2D eigenvalue weighted by Crippen LogP contribution is 2.80. The van der Waals surface area contributed by atoms with Crippen LogP contribution in [0.1, 0.15) is 133 Å². The van der Waals surface area contributed by atoms with Crippen molar-refractivity contribution in [3.8, 4) is 0 Å². The minimum absolute atomic E-state index is 0.133. The van der Waals surface area contributed by atoms with Gasteiger partial charge >= 0.3 is 5.97 Å². The molecule has 2 bridgehead atoms. The van der Waals surface area contributed by atoms with Gasteiger partial charge in [0.05, 0.1) is 49.3 Å². The summed E-state index contributed by atoms with van der Waals surface area (Å²) in [4.78, 5) is 13.0. The molecule has 0 amide bonds. The first-order valence-corrected chi connectivity index (χ1v) is 31.3. The van der Waals surface area contributed by atoms with Crippen molar-refractivity contribution in [2.45, 2.75) is 305 Å². The summed E-state index contributed by atoms with van der Waals surface area (Å²) in [5.41, 5.74) is -1.46. The van der Waals surface area contributed by atoms with Gasteiger partial charge in [-0.05, 0) is 124 Å². The van der Waals surface area contributed by atoms with Crippen molar-refractivity contribution >= 4 is 5.97 Å². The van der Waals surface area contributed by atoms with Gasteiger partial charge in [0.25, 0.3) is 0 Å². The van der Waals surface area contributed by atoms with Gasteiger partial charge in [-0.3, -0.25) is 0 Å². The fourth-order valence-corrected chi connectivity index (χ4v) is 19.4. The van der Waals surface area contributed by atoms with Crippen LogP contribution in [0.5, 0.6) is 0 Å². The predicted octanol–water partition coefficient (Wildman–Crippen LogP) is -1.35. The molecule has 11 fully saturated rings. The van der Waals surface area contributed by atoms with Crippen LogP contribution in [-0.2, 0) is 56.9 Å².